The zero-order valence-electron chi connectivity index (χ0n) is 9.71. The number of nitrogens with zero attached hydrogens (tertiary/aromatic N) is 2. The fraction of sp³-hybridized carbons (Fsp3) is 0.182. The van der Waals surface area contributed by atoms with Gasteiger partial charge in [0, 0.05) is 11.6 Å². The number of hydrazone groups is 1. The highest BCUT2D eigenvalue weighted by Crippen LogP contribution is 2.23. The van der Waals surface area contributed by atoms with Crippen molar-refractivity contribution >= 4 is 23.5 Å². The molecule has 0 aliphatic heterocycles. The topological polar surface area (TPSA) is 92.7 Å². The Bertz CT molecular complexity index is 496. The zero-order chi connectivity index (χ0) is 13.4. The van der Waals surface area contributed by atoms with E-state index in [1.807, 2.05) is 6.07 Å². The minimum atomic E-state index is -0.0588. The predicted octanol–water partition coefficient (Wildman–Crippen LogP) is 0.765. The summed E-state index contributed by atoms with van der Waals surface area (Å²) in [5.74, 6) is 1.12. The highest BCUT2D eigenvalue weighted by molar-refractivity contribution is 7.80. The minimum absolute atomic E-state index is 0.0588. The van der Waals surface area contributed by atoms with Crippen LogP contribution in [0.4, 0.5) is 0 Å². The lowest BCUT2D eigenvalue weighted by molar-refractivity contribution is 0.361. The second-order valence-corrected chi connectivity index (χ2v) is 3.52. The largest absolute Gasteiger partial charge is 0.497 e. The van der Waals surface area contributed by atoms with Crippen LogP contribution in [0.5, 0.6) is 11.5 Å². The monoisotopic (exact) mass is 264 g/mol. The molecule has 0 unspecified atom stereocenters. The molecule has 6 nitrogen and oxygen atoms in total. The van der Waals surface area contributed by atoms with E-state index in [-0.39, 0.29) is 11.7 Å². The van der Waals surface area contributed by atoms with Crippen molar-refractivity contribution in [2.24, 2.45) is 10.8 Å². The first kappa shape index (κ1) is 13.7. The van der Waals surface area contributed by atoms with Crippen LogP contribution in [0.2, 0.25) is 0 Å². The fourth-order valence-corrected chi connectivity index (χ4v) is 1.20. The maximum Gasteiger partial charge on any atom is 0.184 e. The Hall–Kier alpha value is -2.33. The van der Waals surface area contributed by atoms with Gasteiger partial charge in [-0.15, -0.1) is 0 Å². The number of thiocarbonyl (C=S) groups is 1. The standard InChI is InChI=1S/C11H12N4O2S/c1-16-9-3-2-8(7-14-15-11(13)18)10(6-9)17-5-4-12/h2-3,6-7H,5H2,1H3,(H3,13,15,18). The van der Waals surface area contributed by atoms with Crippen molar-refractivity contribution < 1.29 is 9.47 Å². The summed E-state index contributed by atoms with van der Waals surface area (Å²) in [6.45, 7) is -0.0588. The zero-order valence-corrected chi connectivity index (χ0v) is 10.5. The van der Waals surface area contributed by atoms with Gasteiger partial charge in [-0.3, -0.25) is 5.43 Å². The molecule has 0 aliphatic carbocycles. The molecule has 0 bridgehead atoms. The molecule has 0 fully saturated rings. The Kier molecular flexibility index (Phi) is 5.41. The highest BCUT2D eigenvalue weighted by atomic mass is 32.1. The van der Waals surface area contributed by atoms with E-state index in [0.29, 0.717) is 17.1 Å². The molecule has 0 spiro atoms. The van der Waals surface area contributed by atoms with Crippen molar-refractivity contribution in [1.29, 1.82) is 5.26 Å². The van der Waals surface area contributed by atoms with E-state index in [2.05, 4.69) is 22.7 Å². The Morgan fingerprint density at radius 1 is 1.67 bits per heavy atom. The minimum Gasteiger partial charge on any atom is -0.497 e. The Labute approximate surface area is 110 Å². The van der Waals surface area contributed by atoms with Crippen LogP contribution in [-0.2, 0) is 0 Å². The van der Waals surface area contributed by atoms with E-state index >= 15 is 0 Å². The first-order valence-electron chi connectivity index (χ1n) is 4.93. The maximum absolute atomic E-state index is 8.51. The summed E-state index contributed by atoms with van der Waals surface area (Å²) >= 11 is 4.61. The van der Waals surface area contributed by atoms with Gasteiger partial charge in [0.1, 0.15) is 17.6 Å². The molecule has 0 radical (unpaired) electrons. The molecule has 1 aromatic carbocycles. The Morgan fingerprint density at radius 3 is 3.06 bits per heavy atom. The maximum atomic E-state index is 8.51. The number of nitrogens with one attached hydrogen (secondary N) is 1. The normalized spacial score (nSPS) is 9.78. The van der Waals surface area contributed by atoms with Crippen molar-refractivity contribution in [3.8, 4) is 17.6 Å². The van der Waals surface area contributed by atoms with Crippen molar-refractivity contribution in [2.45, 2.75) is 0 Å². The molecule has 0 atom stereocenters. The molecule has 0 amide bonds. The SMILES string of the molecule is COc1ccc(C=NNC(N)=S)c(OCC#N)c1. The number of nitriles is 1. The van der Waals surface area contributed by atoms with Crippen molar-refractivity contribution in [3.63, 3.8) is 0 Å². The third-order valence-electron chi connectivity index (χ3n) is 1.89. The quantitative estimate of drug-likeness (QED) is 0.463. The van der Waals surface area contributed by atoms with E-state index in [1.165, 1.54) is 6.21 Å². The van der Waals surface area contributed by atoms with Gasteiger partial charge in [-0.25, -0.2) is 0 Å². The van der Waals surface area contributed by atoms with Crippen LogP contribution in [0.25, 0.3) is 0 Å². The number of hydrogen-bond donors (Lipinski definition) is 2. The number of rotatable bonds is 5. The van der Waals surface area contributed by atoms with Crippen LogP contribution in [0.1, 0.15) is 5.56 Å². The molecule has 0 aliphatic rings. The van der Waals surface area contributed by atoms with Crippen LogP contribution in [0.15, 0.2) is 23.3 Å². The summed E-state index contributed by atoms with van der Waals surface area (Å²) < 4.78 is 10.3. The number of methoxy groups -OCH3 is 1. The first-order valence-corrected chi connectivity index (χ1v) is 5.34. The number of hydrogen-bond acceptors (Lipinski definition) is 5. The average Bonchev–Trinajstić information content (AvgIpc) is 2.36. The highest BCUT2D eigenvalue weighted by Gasteiger charge is 2.04. The van der Waals surface area contributed by atoms with Gasteiger partial charge in [-0.2, -0.15) is 10.4 Å². The molecule has 1 aromatic rings. The van der Waals surface area contributed by atoms with Gasteiger partial charge in [-0.1, -0.05) is 0 Å². The van der Waals surface area contributed by atoms with Gasteiger partial charge in [0.25, 0.3) is 0 Å². The third-order valence-corrected chi connectivity index (χ3v) is 1.98. The van der Waals surface area contributed by atoms with E-state index in [0.717, 1.165) is 0 Å². The second kappa shape index (κ2) is 7.09. The molecule has 0 aromatic heterocycles. The predicted molar refractivity (Wildman–Crippen MR) is 71.6 cm³/mol. The van der Waals surface area contributed by atoms with Crippen LogP contribution < -0.4 is 20.6 Å². The molecule has 3 N–H and O–H groups in total. The molecular formula is C11H12N4O2S. The van der Waals surface area contributed by atoms with Crippen LogP contribution >= 0.6 is 12.2 Å². The van der Waals surface area contributed by atoms with Crippen molar-refractivity contribution in [2.75, 3.05) is 13.7 Å². The molecule has 1 rings (SSSR count). The molecule has 18 heavy (non-hydrogen) atoms. The number of nitrogens with two attached hydrogens (primary N) is 1. The average molecular weight is 264 g/mol. The smallest absolute Gasteiger partial charge is 0.184 e. The van der Waals surface area contributed by atoms with Gasteiger partial charge in [0.2, 0.25) is 0 Å². The Morgan fingerprint density at radius 2 is 2.44 bits per heavy atom. The van der Waals surface area contributed by atoms with Gasteiger partial charge < -0.3 is 15.2 Å². The van der Waals surface area contributed by atoms with E-state index < -0.39 is 0 Å². The molecule has 0 saturated heterocycles. The van der Waals surface area contributed by atoms with Gasteiger partial charge in [0.05, 0.1) is 13.3 Å². The summed E-state index contributed by atoms with van der Waals surface area (Å²) in [6, 6.07) is 7.06. The lowest BCUT2D eigenvalue weighted by Gasteiger charge is -2.08. The lowest BCUT2D eigenvalue weighted by atomic mass is 10.2. The Balaban J connectivity index is 2.91. The molecule has 7 heteroatoms. The van der Waals surface area contributed by atoms with Crippen LogP contribution in [0.3, 0.4) is 0 Å². The second-order valence-electron chi connectivity index (χ2n) is 3.08. The summed E-state index contributed by atoms with van der Waals surface area (Å²) in [5, 5.41) is 12.4. The van der Waals surface area contributed by atoms with E-state index in [4.69, 9.17) is 20.5 Å². The summed E-state index contributed by atoms with van der Waals surface area (Å²) in [6.07, 6.45) is 1.49. The fourth-order valence-electron chi connectivity index (χ4n) is 1.15. The lowest BCUT2D eigenvalue weighted by Crippen LogP contribution is -2.24. The van der Waals surface area contributed by atoms with Gasteiger partial charge >= 0.3 is 0 Å². The summed E-state index contributed by atoms with van der Waals surface area (Å²) in [5.41, 5.74) is 8.34. The molecule has 0 heterocycles. The van der Waals surface area contributed by atoms with Gasteiger partial charge in [-0.05, 0) is 24.4 Å². The molecule has 0 saturated carbocycles. The number of ether oxygens (including phenoxy) is 2. The van der Waals surface area contributed by atoms with Crippen LogP contribution in [-0.4, -0.2) is 25.0 Å². The van der Waals surface area contributed by atoms with Crippen LogP contribution in [0, 0.1) is 11.3 Å². The third kappa shape index (κ3) is 4.27. The van der Waals surface area contributed by atoms with E-state index in [1.54, 1.807) is 25.3 Å². The van der Waals surface area contributed by atoms with Crippen molar-refractivity contribution in [1.82, 2.24) is 5.43 Å². The van der Waals surface area contributed by atoms with Gasteiger partial charge in [0.15, 0.2) is 11.7 Å². The first-order chi connectivity index (χ1) is 8.67. The molecule has 94 valence electrons. The summed E-state index contributed by atoms with van der Waals surface area (Å²) in [7, 11) is 1.55. The number of benzene rings is 1. The molecular weight excluding hydrogens is 252 g/mol. The summed E-state index contributed by atoms with van der Waals surface area (Å²) in [4.78, 5) is 0. The van der Waals surface area contributed by atoms with E-state index in [9.17, 15) is 0 Å². The van der Waals surface area contributed by atoms with Crippen molar-refractivity contribution in [3.05, 3.63) is 23.8 Å².